The third-order valence-corrected chi connectivity index (χ3v) is 4.09. The predicted molar refractivity (Wildman–Crippen MR) is 104 cm³/mol. The monoisotopic (exact) mass is 448 g/mol. The summed E-state index contributed by atoms with van der Waals surface area (Å²) < 4.78 is 10.5. The van der Waals surface area contributed by atoms with Crippen molar-refractivity contribution >= 4 is 41.3 Å². The molecule has 1 aromatic heterocycles. The highest BCUT2D eigenvalue weighted by molar-refractivity contribution is 14.0. The van der Waals surface area contributed by atoms with E-state index in [-0.39, 0.29) is 24.0 Å². The zero-order valence-corrected chi connectivity index (χ0v) is 16.5. The van der Waals surface area contributed by atoms with Gasteiger partial charge < -0.3 is 20.5 Å². The van der Waals surface area contributed by atoms with Crippen molar-refractivity contribution in [2.75, 3.05) is 14.2 Å². The zero-order chi connectivity index (χ0) is 15.9. The molecular formula is C15H21IN4O2S. The Morgan fingerprint density at radius 3 is 2.65 bits per heavy atom. The molecule has 8 heteroatoms. The average molecular weight is 448 g/mol. The van der Waals surface area contributed by atoms with Gasteiger partial charge in [0, 0.05) is 4.88 Å². The van der Waals surface area contributed by atoms with Gasteiger partial charge >= 0.3 is 0 Å². The molecular weight excluding hydrogens is 427 g/mol. The second-order valence-corrected chi connectivity index (χ2v) is 5.54. The van der Waals surface area contributed by atoms with Crippen LogP contribution in [0.3, 0.4) is 0 Å². The summed E-state index contributed by atoms with van der Waals surface area (Å²) in [5.74, 6) is 1.78. The highest BCUT2D eigenvalue weighted by Gasteiger charge is 2.05. The molecule has 0 unspecified atom stereocenters. The Kier molecular flexibility index (Phi) is 8.10. The van der Waals surface area contributed by atoms with Crippen molar-refractivity contribution in [3.05, 3.63) is 39.8 Å². The lowest BCUT2D eigenvalue weighted by atomic mass is 10.2. The van der Waals surface area contributed by atoms with Crippen molar-refractivity contribution in [1.29, 1.82) is 0 Å². The number of ether oxygens (including phenoxy) is 2. The summed E-state index contributed by atoms with van der Waals surface area (Å²) in [6, 6.07) is 5.68. The minimum Gasteiger partial charge on any atom is -0.493 e. The van der Waals surface area contributed by atoms with Crippen LogP contribution >= 0.6 is 35.3 Å². The van der Waals surface area contributed by atoms with Gasteiger partial charge in [-0.2, -0.15) is 0 Å². The van der Waals surface area contributed by atoms with Gasteiger partial charge in [-0.1, -0.05) is 6.07 Å². The van der Waals surface area contributed by atoms with Crippen LogP contribution in [0.5, 0.6) is 11.5 Å². The molecule has 2 aromatic rings. The van der Waals surface area contributed by atoms with E-state index in [0.717, 1.165) is 16.1 Å². The predicted octanol–water partition coefficient (Wildman–Crippen LogP) is 2.69. The first-order valence-electron chi connectivity index (χ1n) is 6.77. The molecule has 3 N–H and O–H groups in total. The fourth-order valence-electron chi connectivity index (χ4n) is 1.88. The Balaban J connectivity index is 0.00000264. The Labute approximate surface area is 157 Å². The van der Waals surface area contributed by atoms with Gasteiger partial charge in [-0.25, -0.2) is 9.98 Å². The summed E-state index contributed by atoms with van der Waals surface area (Å²) >= 11 is 1.60. The SMILES string of the molecule is COc1ccc(CN=C(N)NCc2scnc2C)cc1OC.I. The summed E-state index contributed by atoms with van der Waals surface area (Å²) in [6.07, 6.45) is 0. The summed E-state index contributed by atoms with van der Waals surface area (Å²) in [6.45, 7) is 3.09. The van der Waals surface area contributed by atoms with Gasteiger partial charge in [-0.05, 0) is 24.6 Å². The van der Waals surface area contributed by atoms with E-state index in [0.29, 0.717) is 30.5 Å². The number of guanidine groups is 1. The number of thiazole rings is 1. The van der Waals surface area contributed by atoms with Crippen molar-refractivity contribution in [3.8, 4) is 11.5 Å². The number of hydrogen-bond acceptors (Lipinski definition) is 5. The molecule has 6 nitrogen and oxygen atoms in total. The zero-order valence-electron chi connectivity index (χ0n) is 13.3. The van der Waals surface area contributed by atoms with Crippen molar-refractivity contribution in [1.82, 2.24) is 10.3 Å². The average Bonchev–Trinajstić information content (AvgIpc) is 2.95. The molecule has 0 aliphatic heterocycles. The Morgan fingerprint density at radius 2 is 2.04 bits per heavy atom. The van der Waals surface area contributed by atoms with Gasteiger partial charge in [0.15, 0.2) is 17.5 Å². The van der Waals surface area contributed by atoms with E-state index in [1.54, 1.807) is 25.6 Å². The number of halogens is 1. The number of benzene rings is 1. The molecule has 0 fully saturated rings. The first-order valence-corrected chi connectivity index (χ1v) is 7.65. The second-order valence-electron chi connectivity index (χ2n) is 4.61. The molecule has 0 spiro atoms. The highest BCUT2D eigenvalue weighted by Crippen LogP contribution is 2.27. The van der Waals surface area contributed by atoms with Crippen LogP contribution in [0.2, 0.25) is 0 Å². The number of nitrogens with zero attached hydrogens (tertiary/aromatic N) is 2. The fourth-order valence-corrected chi connectivity index (χ4v) is 2.59. The Morgan fingerprint density at radius 1 is 1.30 bits per heavy atom. The molecule has 0 atom stereocenters. The van der Waals surface area contributed by atoms with Gasteiger partial charge in [-0.15, -0.1) is 35.3 Å². The van der Waals surface area contributed by atoms with E-state index in [4.69, 9.17) is 15.2 Å². The highest BCUT2D eigenvalue weighted by atomic mass is 127. The smallest absolute Gasteiger partial charge is 0.189 e. The van der Waals surface area contributed by atoms with E-state index < -0.39 is 0 Å². The maximum atomic E-state index is 5.88. The number of methoxy groups -OCH3 is 2. The first kappa shape index (κ1) is 19.5. The molecule has 0 bridgehead atoms. The lowest BCUT2D eigenvalue weighted by Crippen LogP contribution is -2.31. The van der Waals surface area contributed by atoms with Crippen LogP contribution in [0, 0.1) is 6.92 Å². The molecule has 1 aromatic carbocycles. The molecule has 0 amide bonds. The molecule has 0 aliphatic rings. The summed E-state index contributed by atoms with van der Waals surface area (Å²) in [5, 5.41) is 3.09. The first-order chi connectivity index (χ1) is 10.6. The number of hydrogen-bond donors (Lipinski definition) is 2. The van der Waals surface area contributed by atoms with Gasteiger partial charge in [0.2, 0.25) is 0 Å². The number of nitrogens with two attached hydrogens (primary N) is 1. The summed E-state index contributed by atoms with van der Waals surface area (Å²) in [7, 11) is 3.22. The van der Waals surface area contributed by atoms with Gasteiger partial charge in [0.05, 0.1) is 38.5 Å². The van der Waals surface area contributed by atoms with Crippen molar-refractivity contribution in [2.24, 2.45) is 10.7 Å². The van der Waals surface area contributed by atoms with E-state index >= 15 is 0 Å². The second kappa shape index (κ2) is 9.56. The van der Waals surface area contributed by atoms with Crippen molar-refractivity contribution in [2.45, 2.75) is 20.0 Å². The third-order valence-electron chi connectivity index (χ3n) is 3.15. The van der Waals surface area contributed by atoms with Crippen LogP contribution in [0.4, 0.5) is 0 Å². The molecule has 0 saturated heterocycles. The van der Waals surface area contributed by atoms with E-state index in [1.807, 2.05) is 30.6 Å². The van der Waals surface area contributed by atoms with Crippen molar-refractivity contribution < 1.29 is 9.47 Å². The standard InChI is InChI=1S/C15H20N4O2S.HI/c1-10-14(22-9-19-10)8-18-15(16)17-7-11-4-5-12(20-2)13(6-11)21-3;/h4-6,9H,7-8H2,1-3H3,(H3,16,17,18);1H. The van der Waals surface area contributed by atoms with Crippen LogP contribution in [0.1, 0.15) is 16.1 Å². The quantitative estimate of drug-likeness (QED) is 0.404. The Bertz CT molecular complexity index is 661. The molecule has 1 heterocycles. The molecule has 0 radical (unpaired) electrons. The minimum absolute atomic E-state index is 0. The van der Waals surface area contributed by atoms with Crippen LogP contribution in [0.15, 0.2) is 28.7 Å². The van der Waals surface area contributed by atoms with Crippen molar-refractivity contribution in [3.63, 3.8) is 0 Å². The normalized spacial score (nSPS) is 10.8. The molecule has 0 saturated carbocycles. The lowest BCUT2D eigenvalue weighted by molar-refractivity contribution is 0.354. The number of aryl methyl sites for hydroxylation is 1. The maximum absolute atomic E-state index is 5.88. The van der Waals surface area contributed by atoms with Gasteiger partial charge in [-0.3, -0.25) is 0 Å². The molecule has 126 valence electrons. The van der Waals surface area contributed by atoms with E-state index in [2.05, 4.69) is 15.3 Å². The van der Waals surface area contributed by atoms with Crippen LogP contribution in [-0.2, 0) is 13.1 Å². The largest absolute Gasteiger partial charge is 0.493 e. The van der Waals surface area contributed by atoms with E-state index in [1.165, 1.54) is 0 Å². The van der Waals surface area contributed by atoms with Crippen LogP contribution in [0.25, 0.3) is 0 Å². The van der Waals surface area contributed by atoms with Crippen LogP contribution in [-0.4, -0.2) is 25.2 Å². The van der Waals surface area contributed by atoms with E-state index in [9.17, 15) is 0 Å². The van der Waals surface area contributed by atoms with Crippen LogP contribution < -0.4 is 20.5 Å². The summed E-state index contributed by atoms with van der Waals surface area (Å²) in [4.78, 5) is 9.68. The number of nitrogens with one attached hydrogen (secondary N) is 1. The van der Waals surface area contributed by atoms with Gasteiger partial charge in [0.1, 0.15) is 0 Å². The maximum Gasteiger partial charge on any atom is 0.189 e. The molecule has 2 rings (SSSR count). The number of rotatable bonds is 6. The summed E-state index contributed by atoms with van der Waals surface area (Å²) in [5.41, 5.74) is 9.72. The third kappa shape index (κ3) is 5.54. The fraction of sp³-hybridized carbons (Fsp3) is 0.333. The van der Waals surface area contributed by atoms with Gasteiger partial charge in [0.25, 0.3) is 0 Å². The Hall–Kier alpha value is -1.55. The molecule has 23 heavy (non-hydrogen) atoms. The lowest BCUT2D eigenvalue weighted by Gasteiger charge is -2.09. The number of aromatic nitrogens is 1. The minimum atomic E-state index is 0. The molecule has 0 aliphatic carbocycles. The topological polar surface area (TPSA) is 81.8 Å². The number of aliphatic imine (C=N–C) groups is 1.